The first-order valence-electron chi connectivity index (χ1n) is 9.81. The number of carbonyl (C=O) groups excluding carboxylic acids is 2. The van der Waals surface area contributed by atoms with Crippen molar-refractivity contribution in [1.29, 1.82) is 0 Å². The Balaban J connectivity index is 1.64. The third-order valence-corrected chi connectivity index (χ3v) is 4.88. The Morgan fingerprint density at radius 3 is 2.61 bits per heavy atom. The van der Waals surface area contributed by atoms with Crippen LogP contribution in [0.3, 0.4) is 0 Å². The molecule has 9 nitrogen and oxygen atoms in total. The summed E-state index contributed by atoms with van der Waals surface area (Å²) in [6.07, 6.45) is -0.851. The average molecular weight is 421 g/mol. The van der Waals surface area contributed by atoms with Gasteiger partial charge in [0.05, 0.1) is 17.0 Å². The quantitative estimate of drug-likeness (QED) is 0.751. The van der Waals surface area contributed by atoms with Crippen LogP contribution < -0.4 is 14.8 Å². The van der Waals surface area contributed by atoms with Crippen LogP contribution in [0.25, 0.3) is 0 Å². The summed E-state index contributed by atoms with van der Waals surface area (Å²) in [4.78, 5) is 33.4. The predicted octanol–water partition coefficient (Wildman–Crippen LogP) is 2.72. The zero-order valence-corrected chi connectivity index (χ0v) is 17.8. The Hall–Kier alpha value is -3.75. The molecule has 0 aliphatic carbocycles. The van der Waals surface area contributed by atoms with Gasteiger partial charge in [-0.1, -0.05) is 39.5 Å². The average Bonchev–Trinajstić information content (AvgIpc) is 3.15. The van der Waals surface area contributed by atoms with Gasteiger partial charge in [-0.3, -0.25) is 9.59 Å². The summed E-state index contributed by atoms with van der Waals surface area (Å²) in [7, 11) is 0. The number of aliphatic imine (C=N–C) groups is 2. The third kappa shape index (κ3) is 3.98. The summed E-state index contributed by atoms with van der Waals surface area (Å²) in [5, 5.41) is 7.36. The molecule has 0 saturated heterocycles. The van der Waals surface area contributed by atoms with Gasteiger partial charge in [-0.15, -0.1) is 0 Å². The molecule has 1 atom stereocenters. The molecular weight excluding hydrogens is 398 g/mol. The number of carbonyl (C=O) groups is 2. The lowest BCUT2D eigenvalue weighted by atomic mass is 9.92. The smallest absolute Gasteiger partial charge is 0.281 e. The van der Waals surface area contributed by atoms with Crippen LogP contribution in [0.15, 0.2) is 52.5 Å². The number of fused-ring (bicyclic) bond motifs is 1. The molecule has 0 radical (unpaired) electrons. The molecule has 4 rings (SSSR count). The second kappa shape index (κ2) is 7.50. The highest BCUT2D eigenvalue weighted by molar-refractivity contribution is 6.27. The highest BCUT2D eigenvalue weighted by Crippen LogP contribution is 2.31. The largest absolute Gasteiger partial charge is 0.485 e. The van der Waals surface area contributed by atoms with E-state index in [4.69, 9.17) is 9.47 Å². The monoisotopic (exact) mass is 421 g/mol. The van der Waals surface area contributed by atoms with Gasteiger partial charge in [0.2, 0.25) is 6.10 Å². The molecule has 2 aliphatic rings. The van der Waals surface area contributed by atoms with E-state index < -0.39 is 17.9 Å². The number of hydrogen-bond donors (Lipinski definition) is 1. The number of rotatable bonds is 2. The zero-order valence-electron chi connectivity index (χ0n) is 17.8. The van der Waals surface area contributed by atoms with Gasteiger partial charge < -0.3 is 14.8 Å². The van der Waals surface area contributed by atoms with Crippen molar-refractivity contribution in [3.05, 3.63) is 48.2 Å². The van der Waals surface area contributed by atoms with Crippen LogP contribution in [0.1, 0.15) is 33.4 Å². The van der Waals surface area contributed by atoms with Gasteiger partial charge in [-0.2, -0.15) is 14.8 Å². The molecule has 2 amide bonds. The SMILES string of the molecule is C=C1C(=O)N=C(n2nc(C(C)(C)C)cc2NC(=O)C2COc3ccccc3O2)N=C1C. The van der Waals surface area contributed by atoms with Crippen LogP contribution in [-0.2, 0) is 15.0 Å². The van der Waals surface area contributed by atoms with Crippen LogP contribution in [0, 0.1) is 0 Å². The van der Waals surface area contributed by atoms with E-state index in [0.717, 1.165) is 0 Å². The van der Waals surface area contributed by atoms with Crippen molar-refractivity contribution in [2.45, 2.75) is 39.2 Å². The Morgan fingerprint density at radius 2 is 1.94 bits per heavy atom. The van der Waals surface area contributed by atoms with Crippen molar-refractivity contribution < 1.29 is 19.1 Å². The summed E-state index contributed by atoms with van der Waals surface area (Å²) in [6.45, 7) is 11.4. The number of amides is 2. The van der Waals surface area contributed by atoms with Crippen molar-refractivity contribution >= 4 is 29.3 Å². The van der Waals surface area contributed by atoms with Crippen molar-refractivity contribution in [2.75, 3.05) is 11.9 Å². The van der Waals surface area contributed by atoms with E-state index in [1.807, 2.05) is 26.8 Å². The van der Waals surface area contributed by atoms with E-state index in [0.29, 0.717) is 28.7 Å². The zero-order chi connectivity index (χ0) is 22.3. The van der Waals surface area contributed by atoms with Gasteiger partial charge in [-0.05, 0) is 19.1 Å². The lowest BCUT2D eigenvalue weighted by molar-refractivity contribution is -0.125. The lowest BCUT2D eigenvalue weighted by Gasteiger charge is -2.25. The highest BCUT2D eigenvalue weighted by Gasteiger charge is 2.30. The fourth-order valence-electron chi connectivity index (χ4n) is 2.99. The Bertz CT molecular complexity index is 1150. The number of hydrogen-bond acceptors (Lipinski definition) is 6. The van der Waals surface area contributed by atoms with E-state index in [1.54, 1.807) is 31.2 Å². The topological polar surface area (TPSA) is 107 Å². The van der Waals surface area contributed by atoms with Crippen molar-refractivity contribution in [3.63, 3.8) is 0 Å². The van der Waals surface area contributed by atoms with E-state index in [9.17, 15) is 9.59 Å². The number of nitrogens with zero attached hydrogens (tertiary/aromatic N) is 4. The van der Waals surface area contributed by atoms with Gasteiger partial charge in [-0.25, -0.2) is 4.99 Å². The maximum Gasteiger partial charge on any atom is 0.281 e. The maximum absolute atomic E-state index is 12.9. The Kier molecular flexibility index (Phi) is 4.96. The second-order valence-corrected chi connectivity index (χ2v) is 8.32. The van der Waals surface area contributed by atoms with Crippen molar-refractivity contribution in [1.82, 2.24) is 9.78 Å². The first-order chi connectivity index (χ1) is 14.6. The molecule has 2 aliphatic heterocycles. The highest BCUT2D eigenvalue weighted by atomic mass is 16.6. The first-order valence-corrected chi connectivity index (χ1v) is 9.81. The van der Waals surface area contributed by atoms with E-state index in [-0.39, 0.29) is 23.6 Å². The molecule has 1 N–H and O–H groups in total. The molecule has 0 spiro atoms. The summed E-state index contributed by atoms with van der Waals surface area (Å²) >= 11 is 0. The van der Waals surface area contributed by atoms with Crippen molar-refractivity contribution in [3.8, 4) is 11.5 Å². The molecule has 0 bridgehead atoms. The molecule has 31 heavy (non-hydrogen) atoms. The van der Waals surface area contributed by atoms with Gasteiger partial charge >= 0.3 is 0 Å². The molecule has 1 aromatic carbocycles. The van der Waals surface area contributed by atoms with Crippen LogP contribution >= 0.6 is 0 Å². The van der Waals surface area contributed by atoms with E-state index in [2.05, 4.69) is 27.0 Å². The van der Waals surface area contributed by atoms with Crippen LogP contribution in [-0.4, -0.2) is 46.0 Å². The summed E-state index contributed by atoms with van der Waals surface area (Å²) in [6, 6.07) is 8.89. The fourth-order valence-corrected chi connectivity index (χ4v) is 2.99. The number of aromatic nitrogens is 2. The molecule has 9 heteroatoms. The fraction of sp³-hybridized carbons (Fsp3) is 0.318. The summed E-state index contributed by atoms with van der Waals surface area (Å²) in [5.74, 6) is 0.572. The van der Waals surface area contributed by atoms with E-state index >= 15 is 0 Å². The molecule has 160 valence electrons. The van der Waals surface area contributed by atoms with Crippen LogP contribution in [0.4, 0.5) is 5.82 Å². The molecular formula is C22H23N5O4. The molecule has 0 saturated carbocycles. The van der Waals surface area contributed by atoms with Gasteiger partial charge in [0.25, 0.3) is 17.8 Å². The number of anilines is 1. The Morgan fingerprint density at radius 1 is 1.23 bits per heavy atom. The molecule has 0 fully saturated rings. The lowest BCUT2D eigenvalue weighted by Crippen LogP contribution is -2.40. The molecule has 1 unspecified atom stereocenters. The second-order valence-electron chi connectivity index (χ2n) is 8.32. The Labute approximate surface area is 179 Å². The standard InChI is InChI=1S/C22H23N5O4/c1-12-13(2)23-21(25-19(12)28)27-18(10-17(26-27)22(3,4)5)24-20(29)16-11-30-14-8-6-7-9-15(14)31-16/h6-10,16H,1,11H2,2-5H3,(H,24,29). The molecule has 2 aromatic rings. The van der Waals surface area contributed by atoms with Gasteiger partial charge in [0.15, 0.2) is 11.5 Å². The molecule has 3 heterocycles. The molecule has 1 aromatic heterocycles. The predicted molar refractivity (Wildman–Crippen MR) is 116 cm³/mol. The van der Waals surface area contributed by atoms with Crippen LogP contribution in [0.5, 0.6) is 11.5 Å². The summed E-state index contributed by atoms with van der Waals surface area (Å²) in [5.41, 5.74) is 1.06. The van der Waals surface area contributed by atoms with Crippen LogP contribution in [0.2, 0.25) is 0 Å². The normalized spacial score (nSPS) is 18.4. The van der Waals surface area contributed by atoms with Crippen molar-refractivity contribution in [2.24, 2.45) is 9.98 Å². The van der Waals surface area contributed by atoms with E-state index in [1.165, 1.54) is 4.68 Å². The first kappa shape index (κ1) is 20.5. The minimum absolute atomic E-state index is 0.0619. The number of para-hydroxylation sites is 2. The third-order valence-electron chi connectivity index (χ3n) is 4.88. The van der Waals surface area contributed by atoms with Gasteiger partial charge in [0.1, 0.15) is 12.4 Å². The van der Waals surface area contributed by atoms with Gasteiger partial charge in [0, 0.05) is 11.5 Å². The minimum Gasteiger partial charge on any atom is -0.485 e. The number of ether oxygens (including phenoxy) is 2. The number of benzene rings is 1. The number of nitrogens with one attached hydrogen (secondary N) is 1. The summed E-state index contributed by atoms with van der Waals surface area (Å²) < 4.78 is 12.8. The minimum atomic E-state index is -0.851. The maximum atomic E-state index is 12.9.